The van der Waals surface area contributed by atoms with Crippen LogP contribution in [0.3, 0.4) is 0 Å². The summed E-state index contributed by atoms with van der Waals surface area (Å²) in [7, 11) is 1.57. The highest BCUT2D eigenvalue weighted by molar-refractivity contribution is 9.10. The standard InChI is InChI=1S/C23H27BrFN3O3/c1-3-28-21-14-16(24)8-10-19(21)22(26-28)18-11-9-17(15-20(18)25)31-13-7-5-4-6-12-27(2)23(29)30/h8-11,14-15H,3-7,12-13H2,1-2H3,(H,29,30). The number of fused-ring (bicyclic) bond motifs is 1. The second kappa shape index (κ2) is 10.6. The van der Waals surface area contributed by atoms with Gasteiger partial charge >= 0.3 is 6.09 Å². The Morgan fingerprint density at radius 2 is 1.97 bits per heavy atom. The molecule has 0 bridgehead atoms. The molecule has 0 spiro atoms. The molecule has 8 heteroatoms. The number of halogens is 2. The Kier molecular flexibility index (Phi) is 7.90. The van der Waals surface area contributed by atoms with Crippen molar-refractivity contribution < 1.29 is 19.0 Å². The Morgan fingerprint density at radius 3 is 2.68 bits per heavy atom. The van der Waals surface area contributed by atoms with Gasteiger partial charge in [0, 0.05) is 41.6 Å². The summed E-state index contributed by atoms with van der Waals surface area (Å²) in [5.41, 5.74) is 2.04. The fraction of sp³-hybridized carbons (Fsp3) is 0.391. The number of benzene rings is 2. The maximum Gasteiger partial charge on any atom is 0.407 e. The lowest BCUT2D eigenvalue weighted by molar-refractivity contribution is 0.155. The summed E-state index contributed by atoms with van der Waals surface area (Å²) in [6, 6.07) is 10.8. The topological polar surface area (TPSA) is 67.6 Å². The summed E-state index contributed by atoms with van der Waals surface area (Å²) in [6.45, 7) is 3.73. The van der Waals surface area contributed by atoms with Crippen molar-refractivity contribution in [1.82, 2.24) is 14.7 Å². The van der Waals surface area contributed by atoms with Crippen molar-refractivity contribution in [2.24, 2.45) is 0 Å². The highest BCUT2D eigenvalue weighted by atomic mass is 79.9. The van der Waals surface area contributed by atoms with Gasteiger partial charge in [0.15, 0.2) is 0 Å². The molecule has 0 aliphatic carbocycles. The minimum absolute atomic E-state index is 0.361. The van der Waals surface area contributed by atoms with E-state index >= 15 is 0 Å². The molecular formula is C23H27BrFN3O3. The number of ether oxygens (including phenoxy) is 1. The molecule has 0 saturated carbocycles. The number of carbonyl (C=O) groups is 1. The van der Waals surface area contributed by atoms with Crippen LogP contribution in [-0.4, -0.2) is 46.1 Å². The highest BCUT2D eigenvalue weighted by Crippen LogP contribution is 2.33. The van der Waals surface area contributed by atoms with Gasteiger partial charge < -0.3 is 14.7 Å². The van der Waals surface area contributed by atoms with E-state index in [4.69, 9.17) is 9.84 Å². The number of carboxylic acid groups (broad SMARTS) is 1. The van der Waals surface area contributed by atoms with Crippen LogP contribution in [0.15, 0.2) is 40.9 Å². The van der Waals surface area contributed by atoms with E-state index in [2.05, 4.69) is 21.0 Å². The van der Waals surface area contributed by atoms with Gasteiger partial charge in [-0.3, -0.25) is 4.68 Å². The second-order valence-corrected chi connectivity index (χ2v) is 8.35. The minimum atomic E-state index is -0.906. The van der Waals surface area contributed by atoms with Gasteiger partial charge in [-0.15, -0.1) is 0 Å². The van der Waals surface area contributed by atoms with Gasteiger partial charge in [0.25, 0.3) is 0 Å². The Labute approximate surface area is 189 Å². The summed E-state index contributed by atoms with van der Waals surface area (Å²) in [6.07, 6.45) is 2.61. The lowest BCUT2D eigenvalue weighted by atomic mass is 10.1. The number of amides is 1. The van der Waals surface area contributed by atoms with Crippen molar-refractivity contribution in [3.05, 3.63) is 46.7 Å². The van der Waals surface area contributed by atoms with Crippen LogP contribution in [0.25, 0.3) is 22.2 Å². The molecule has 3 rings (SSSR count). The molecule has 1 heterocycles. The van der Waals surface area contributed by atoms with Crippen LogP contribution in [0.1, 0.15) is 32.6 Å². The largest absolute Gasteiger partial charge is 0.493 e. The van der Waals surface area contributed by atoms with Crippen molar-refractivity contribution in [3.8, 4) is 17.0 Å². The summed E-state index contributed by atoms with van der Waals surface area (Å²) >= 11 is 3.48. The number of unbranched alkanes of at least 4 members (excludes halogenated alkanes) is 3. The van der Waals surface area contributed by atoms with E-state index in [9.17, 15) is 9.18 Å². The first-order chi connectivity index (χ1) is 14.9. The molecule has 0 fully saturated rings. The zero-order valence-electron chi connectivity index (χ0n) is 17.8. The normalized spacial score (nSPS) is 11.1. The van der Waals surface area contributed by atoms with E-state index in [0.717, 1.165) is 41.1 Å². The van der Waals surface area contributed by atoms with Crippen molar-refractivity contribution in [2.75, 3.05) is 20.2 Å². The maximum absolute atomic E-state index is 14.9. The highest BCUT2D eigenvalue weighted by Gasteiger charge is 2.16. The Balaban J connectivity index is 1.58. The van der Waals surface area contributed by atoms with Crippen LogP contribution in [0, 0.1) is 5.82 Å². The lowest BCUT2D eigenvalue weighted by Crippen LogP contribution is -2.25. The van der Waals surface area contributed by atoms with Crippen LogP contribution in [0.5, 0.6) is 5.75 Å². The van der Waals surface area contributed by atoms with Crippen LogP contribution >= 0.6 is 15.9 Å². The fourth-order valence-electron chi connectivity index (χ4n) is 3.45. The predicted molar refractivity (Wildman–Crippen MR) is 123 cm³/mol. The van der Waals surface area contributed by atoms with Gasteiger partial charge in [0.2, 0.25) is 0 Å². The van der Waals surface area contributed by atoms with E-state index in [1.165, 1.54) is 11.0 Å². The quantitative estimate of drug-likeness (QED) is 0.344. The van der Waals surface area contributed by atoms with E-state index < -0.39 is 6.09 Å². The summed E-state index contributed by atoms with van der Waals surface area (Å²) < 4.78 is 23.4. The van der Waals surface area contributed by atoms with Crippen LogP contribution in [0.2, 0.25) is 0 Å². The first-order valence-corrected chi connectivity index (χ1v) is 11.2. The van der Waals surface area contributed by atoms with Gasteiger partial charge in [-0.05, 0) is 50.1 Å². The maximum atomic E-state index is 14.9. The summed E-state index contributed by atoms with van der Waals surface area (Å²) in [5, 5.41) is 14.3. The third-order valence-electron chi connectivity index (χ3n) is 5.19. The van der Waals surface area contributed by atoms with E-state index in [0.29, 0.717) is 36.7 Å². The number of aryl methyl sites for hydroxylation is 1. The third-order valence-corrected chi connectivity index (χ3v) is 5.69. The first kappa shape index (κ1) is 23.1. The molecule has 1 amide bonds. The molecule has 3 aromatic rings. The number of nitrogens with zero attached hydrogens (tertiary/aromatic N) is 3. The number of rotatable bonds is 10. The molecular weight excluding hydrogens is 465 g/mol. The predicted octanol–water partition coefficient (Wildman–Crippen LogP) is 6.17. The van der Waals surface area contributed by atoms with Gasteiger partial charge in [-0.25, -0.2) is 9.18 Å². The average Bonchev–Trinajstić information content (AvgIpc) is 3.10. The van der Waals surface area contributed by atoms with E-state index in [1.807, 2.05) is 29.8 Å². The smallest absolute Gasteiger partial charge is 0.407 e. The SMILES string of the molecule is CCn1nc(-c2ccc(OCCCCCCN(C)C(=O)O)cc2F)c2ccc(Br)cc21. The molecule has 0 atom stereocenters. The van der Waals surface area contributed by atoms with E-state index in [-0.39, 0.29) is 5.82 Å². The Bertz CT molecular complexity index is 1050. The van der Waals surface area contributed by atoms with Crippen molar-refractivity contribution in [1.29, 1.82) is 0 Å². The fourth-order valence-corrected chi connectivity index (χ4v) is 3.80. The van der Waals surface area contributed by atoms with Crippen LogP contribution in [-0.2, 0) is 6.54 Å². The van der Waals surface area contributed by atoms with Gasteiger partial charge in [-0.1, -0.05) is 28.8 Å². The Hall–Kier alpha value is -2.61. The molecule has 0 saturated heterocycles. The van der Waals surface area contributed by atoms with Crippen molar-refractivity contribution in [2.45, 2.75) is 39.2 Å². The van der Waals surface area contributed by atoms with Gasteiger partial charge in [0.05, 0.1) is 12.1 Å². The molecule has 0 aliphatic rings. The number of hydrogen-bond donors (Lipinski definition) is 1. The molecule has 0 aliphatic heterocycles. The van der Waals surface area contributed by atoms with Crippen molar-refractivity contribution >= 4 is 32.9 Å². The molecule has 1 aromatic heterocycles. The zero-order valence-corrected chi connectivity index (χ0v) is 19.4. The van der Waals surface area contributed by atoms with E-state index in [1.54, 1.807) is 19.2 Å². The molecule has 2 aromatic carbocycles. The molecule has 6 nitrogen and oxygen atoms in total. The van der Waals surface area contributed by atoms with Crippen LogP contribution in [0.4, 0.5) is 9.18 Å². The molecule has 0 unspecified atom stereocenters. The zero-order chi connectivity index (χ0) is 22.4. The van der Waals surface area contributed by atoms with Crippen LogP contribution < -0.4 is 4.74 Å². The van der Waals surface area contributed by atoms with Crippen molar-refractivity contribution in [3.63, 3.8) is 0 Å². The average molecular weight is 492 g/mol. The minimum Gasteiger partial charge on any atom is -0.493 e. The number of aromatic nitrogens is 2. The lowest BCUT2D eigenvalue weighted by Gasteiger charge is -2.12. The summed E-state index contributed by atoms with van der Waals surface area (Å²) in [5.74, 6) is 0.133. The summed E-state index contributed by atoms with van der Waals surface area (Å²) in [4.78, 5) is 12.0. The second-order valence-electron chi connectivity index (χ2n) is 7.43. The molecule has 31 heavy (non-hydrogen) atoms. The van der Waals surface area contributed by atoms with Gasteiger partial charge in [0.1, 0.15) is 17.3 Å². The monoisotopic (exact) mass is 491 g/mol. The molecule has 166 valence electrons. The third kappa shape index (κ3) is 5.76. The molecule has 1 N–H and O–H groups in total. The Morgan fingerprint density at radius 1 is 1.19 bits per heavy atom. The molecule has 0 radical (unpaired) electrons. The number of hydrogen-bond acceptors (Lipinski definition) is 3. The first-order valence-electron chi connectivity index (χ1n) is 10.4. The van der Waals surface area contributed by atoms with Gasteiger partial charge in [-0.2, -0.15) is 5.10 Å².